The van der Waals surface area contributed by atoms with E-state index in [0.29, 0.717) is 13.2 Å². The van der Waals surface area contributed by atoms with Crippen LogP contribution in [0.15, 0.2) is 72.0 Å². The van der Waals surface area contributed by atoms with Gasteiger partial charge in [-0.2, -0.15) is 5.10 Å². The quantitative estimate of drug-likeness (QED) is 0.549. The van der Waals surface area contributed by atoms with Crippen molar-refractivity contribution < 1.29 is 4.74 Å². The molecule has 1 fully saturated rings. The summed E-state index contributed by atoms with van der Waals surface area (Å²) in [5, 5.41) is 7.81. The highest BCUT2D eigenvalue weighted by Gasteiger charge is 2.25. The summed E-state index contributed by atoms with van der Waals surface area (Å²) >= 11 is 0. The van der Waals surface area contributed by atoms with E-state index in [1.807, 2.05) is 24.0 Å². The van der Waals surface area contributed by atoms with E-state index >= 15 is 0 Å². The Morgan fingerprint density at radius 3 is 2.90 bits per heavy atom. The van der Waals surface area contributed by atoms with Crippen LogP contribution in [0.5, 0.6) is 0 Å². The fraction of sp³-hybridized carbons (Fsp3) is 0.304. The zero-order chi connectivity index (χ0) is 20.1. The number of aromatic nitrogens is 2. The summed E-state index contributed by atoms with van der Waals surface area (Å²) in [7, 11) is 1.83. The van der Waals surface area contributed by atoms with E-state index in [-0.39, 0.29) is 6.10 Å². The average molecular weight is 390 g/mol. The molecule has 0 radical (unpaired) electrons. The first-order valence-corrected chi connectivity index (χ1v) is 9.96. The standard InChI is InChI=1S/C23H27N5O/c1-18-7-3-4-10-21(18)22-17-27(13-14-29-22)23(24-2)25-16-19-8-5-9-20(15-19)28-12-6-11-26-28/h3-12,15,22H,13-14,16-17H2,1-2H3,(H,24,25). The van der Waals surface area contributed by atoms with Crippen molar-refractivity contribution in [2.24, 2.45) is 4.99 Å². The Morgan fingerprint density at radius 2 is 2.10 bits per heavy atom. The van der Waals surface area contributed by atoms with Gasteiger partial charge < -0.3 is 15.0 Å². The van der Waals surface area contributed by atoms with Crippen LogP contribution in [-0.4, -0.2) is 47.4 Å². The molecule has 6 heteroatoms. The Bertz CT molecular complexity index is 967. The summed E-state index contributed by atoms with van der Waals surface area (Å²) < 4.78 is 7.92. The van der Waals surface area contributed by atoms with Crippen molar-refractivity contribution in [3.8, 4) is 5.69 Å². The number of nitrogens with one attached hydrogen (secondary N) is 1. The smallest absolute Gasteiger partial charge is 0.194 e. The lowest BCUT2D eigenvalue weighted by Crippen LogP contribution is -2.48. The number of aliphatic imine (C=N–C) groups is 1. The lowest BCUT2D eigenvalue weighted by atomic mass is 10.0. The lowest BCUT2D eigenvalue weighted by molar-refractivity contribution is -0.00833. The number of aryl methyl sites for hydroxylation is 1. The predicted octanol–water partition coefficient (Wildman–Crippen LogP) is 3.33. The van der Waals surface area contributed by atoms with Crippen molar-refractivity contribution in [3.05, 3.63) is 83.7 Å². The molecule has 6 nitrogen and oxygen atoms in total. The van der Waals surface area contributed by atoms with Crippen LogP contribution in [-0.2, 0) is 11.3 Å². The van der Waals surface area contributed by atoms with Crippen molar-refractivity contribution in [2.75, 3.05) is 26.7 Å². The summed E-state index contributed by atoms with van der Waals surface area (Å²) in [6.45, 7) is 5.15. The van der Waals surface area contributed by atoms with Gasteiger partial charge in [0.15, 0.2) is 5.96 Å². The molecule has 1 aliphatic heterocycles. The van der Waals surface area contributed by atoms with Gasteiger partial charge in [0.2, 0.25) is 0 Å². The van der Waals surface area contributed by atoms with E-state index in [2.05, 4.69) is 75.8 Å². The van der Waals surface area contributed by atoms with Crippen LogP contribution in [0, 0.1) is 6.92 Å². The maximum atomic E-state index is 6.06. The molecule has 0 amide bonds. The lowest BCUT2D eigenvalue weighted by Gasteiger charge is -2.35. The number of rotatable bonds is 4. The molecule has 1 N–H and O–H groups in total. The van der Waals surface area contributed by atoms with Gasteiger partial charge >= 0.3 is 0 Å². The van der Waals surface area contributed by atoms with Gasteiger partial charge in [0, 0.05) is 32.5 Å². The molecule has 0 aliphatic carbocycles. The topological polar surface area (TPSA) is 54.7 Å². The number of guanidine groups is 1. The van der Waals surface area contributed by atoms with E-state index in [9.17, 15) is 0 Å². The molecule has 29 heavy (non-hydrogen) atoms. The summed E-state index contributed by atoms with van der Waals surface area (Å²) in [6, 6.07) is 18.7. The van der Waals surface area contributed by atoms with E-state index in [4.69, 9.17) is 4.74 Å². The molecule has 0 bridgehead atoms. The number of morpholine rings is 1. The maximum absolute atomic E-state index is 6.06. The molecular formula is C23H27N5O. The first-order chi connectivity index (χ1) is 14.2. The maximum Gasteiger partial charge on any atom is 0.194 e. The van der Waals surface area contributed by atoms with Crippen molar-refractivity contribution in [1.29, 1.82) is 0 Å². The van der Waals surface area contributed by atoms with E-state index in [1.54, 1.807) is 6.20 Å². The van der Waals surface area contributed by atoms with Gasteiger partial charge in [-0.3, -0.25) is 4.99 Å². The van der Waals surface area contributed by atoms with E-state index in [1.165, 1.54) is 16.7 Å². The highest BCUT2D eigenvalue weighted by Crippen LogP contribution is 2.25. The molecule has 1 atom stereocenters. The van der Waals surface area contributed by atoms with Crippen LogP contribution < -0.4 is 5.32 Å². The van der Waals surface area contributed by atoms with Crippen molar-refractivity contribution in [2.45, 2.75) is 19.6 Å². The van der Waals surface area contributed by atoms with Crippen LogP contribution >= 0.6 is 0 Å². The predicted molar refractivity (Wildman–Crippen MR) is 115 cm³/mol. The Hall–Kier alpha value is -3.12. The highest BCUT2D eigenvalue weighted by atomic mass is 16.5. The fourth-order valence-corrected chi connectivity index (χ4v) is 3.72. The largest absolute Gasteiger partial charge is 0.370 e. The highest BCUT2D eigenvalue weighted by molar-refractivity contribution is 5.80. The molecule has 1 unspecified atom stereocenters. The van der Waals surface area contributed by atoms with Crippen LogP contribution in [0.3, 0.4) is 0 Å². The molecule has 2 aromatic carbocycles. The van der Waals surface area contributed by atoms with Crippen LogP contribution in [0.4, 0.5) is 0 Å². The third-order valence-electron chi connectivity index (χ3n) is 5.24. The van der Waals surface area contributed by atoms with Gasteiger partial charge in [0.25, 0.3) is 0 Å². The first kappa shape index (κ1) is 19.2. The molecule has 3 aromatic rings. The third kappa shape index (κ3) is 4.49. The van der Waals surface area contributed by atoms with Crippen LogP contribution in [0.2, 0.25) is 0 Å². The second kappa shape index (κ2) is 8.92. The second-order valence-corrected chi connectivity index (χ2v) is 7.18. The van der Waals surface area contributed by atoms with Gasteiger partial charge in [-0.25, -0.2) is 4.68 Å². The van der Waals surface area contributed by atoms with Crippen molar-refractivity contribution >= 4 is 5.96 Å². The van der Waals surface area contributed by atoms with E-state index in [0.717, 1.165) is 24.7 Å². The Morgan fingerprint density at radius 1 is 1.21 bits per heavy atom. The SMILES string of the molecule is CN=C(NCc1cccc(-n2cccn2)c1)N1CCOC(c2ccccc2C)C1. The van der Waals surface area contributed by atoms with Crippen LogP contribution in [0.1, 0.15) is 22.8 Å². The number of nitrogens with zero attached hydrogens (tertiary/aromatic N) is 4. The number of hydrogen-bond donors (Lipinski definition) is 1. The summed E-state index contributed by atoms with van der Waals surface area (Å²) in [5.41, 5.74) is 4.75. The normalized spacial score (nSPS) is 17.4. The number of benzene rings is 2. The number of ether oxygens (including phenoxy) is 1. The van der Waals surface area contributed by atoms with Gasteiger partial charge in [-0.1, -0.05) is 36.4 Å². The zero-order valence-corrected chi connectivity index (χ0v) is 17.0. The summed E-state index contributed by atoms with van der Waals surface area (Å²) in [5.74, 6) is 0.899. The molecular weight excluding hydrogens is 362 g/mol. The fourth-order valence-electron chi connectivity index (χ4n) is 3.72. The Kier molecular flexibility index (Phi) is 5.91. The zero-order valence-electron chi connectivity index (χ0n) is 17.0. The molecule has 2 heterocycles. The van der Waals surface area contributed by atoms with Gasteiger partial charge in [-0.15, -0.1) is 0 Å². The van der Waals surface area contributed by atoms with E-state index < -0.39 is 0 Å². The monoisotopic (exact) mass is 389 g/mol. The Balaban J connectivity index is 1.42. The molecule has 150 valence electrons. The molecule has 1 aromatic heterocycles. The molecule has 4 rings (SSSR count). The molecule has 1 saturated heterocycles. The minimum atomic E-state index is 0.0617. The van der Waals surface area contributed by atoms with Gasteiger partial charge in [-0.05, 0) is 41.8 Å². The molecule has 0 saturated carbocycles. The van der Waals surface area contributed by atoms with Gasteiger partial charge in [0.1, 0.15) is 6.10 Å². The Labute approximate surface area is 171 Å². The number of hydrogen-bond acceptors (Lipinski definition) is 3. The second-order valence-electron chi connectivity index (χ2n) is 7.18. The van der Waals surface area contributed by atoms with Crippen molar-refractivity contribution in [3.63, 3.8) is 0 Å². The average Bonchev–Trinajstić information content (AvgIpc) is 3.30. The van der Waals surface area contributed by atoms with Crippen molar-refractivity contribution in [1.82, 2.24) is 20.0 Å². The summed E-state index contributed by atoms with van der Waals surface area (Å²) in [4.78, 5) is 6.78. The third-order valence-corrected chi connectivity index (χ3v) is 5.24. The molecule has 0 spiro atoms. The van der Waals surface area contributed by atoms with Gasteiger partial charge in [0.05, 0.1) is 18.8 Å². The minimum Gasteiger partial charge on any atom is -0.370 e. The first-order valence-electron chi connectivity index (χ1n) is 9.96. The van der Waals surface area contributed by atoms with Crippen LogP contribution in [0.25, 0.3) is 5.69 Å². The minimum absolute atomic E-state index is 0.0617. The summed E-state index contributed by atoms with van der Waals surface area (Å²) in [6.07, 6.45) is 3.80. The molecule has 1 aliphatic rings.